The molecule has 1 N–H and O–H groups in total. The fraction of sp³-hybridized carbons (Fsp3) is 0. The Balaban J connectivity index is 1.93. The number of hydrogen-bond acceptors (Lipinski definition) is 1. The van der Waals surface area contributed by atoms with E-state index >= 15 is 0 Å². The molecule has 0 saturated heterocycles. The van der Waals surface area contributed by atoms with Crippen LogP contribution in [0.25, 0.3) is 11.1 Å². The molecule has 5 rings (SSSR count). The van der Waals surface area contributed by atoms with E-state index in [9.17, 15) is 0 Å². The van der Waals surface area contributed by atoms with Crippen LogP contribution in [0.2, 0.25) is 0 Å². The summed E-state index contributed by atoms with van der Waals surface area (Å²) in [6.45, 7) is 0.384. The van der Waals surface area contributed by atoms with Crippen LogP contribution in [0.4, 0.5) is 11.4 Å². The minimum atomic E-state index is 0.384. The van der Waals surface area contributed by atoms with Gasteiger partial charge in [0.25, 0.3) is 0 Å². The Morgan fingerprint density at radius 1 is 0.600 bits per heavy atom. The van der Waals surface area contributed by atoms with E-state index < -0.39 is 0 Å². The van der Waals surface area contributed by atoms with Crippen molar-refractivity contribution in [2.45, 2.75) is 0 Å². The molecule has 0 bridgehead atoms. The van der Waals surface area contributed by atoms with Crippen LogP contribution in [0, 0.1) is 0 Å². The average molecular weight is 253 g/mol. The van der Waals surface area contributed by atoms with Gasteiger partial charge < -0.3 is 5.32 Å². The summed E-state index contributed by atoms with van der Waals surface area (Å²) in [6, 6.07) is 24.0. The molecule has 1 nitrogen and oxygen atoms in total. The number of fused-ring (bicyclic) bond motifs is 5. The maximum atomic E-state index is 3.59. The van der Waals surface area contributed by atoms with Gasteiger partial charge in [-0.15, -0.1) is 0 Å². The predicted octanol–water partition coefficient (Wildman–Crippen LogP) is 2.24. The van der Waals surface area contributed by atoms with Crippen molar-refractivity contribution in [1.82, 2.24) is 0 Å². The molecule has 0 radical (unpaired) electrons. The quantitative estimate of drug-likeness (QED) is 0.417. The predicted molar refractivity (Wildman–Crippen MR) is 86.3 cm³/mol. The van der Waals surface area contributed by atoms with Crippen molar-refractivity contribution >= 4 is 34.5 Å². The van der Waals surface area contributed by atoms with Gasteiger partial charge in [0.2, 0.25) is 6.71 Å². The van der Waals surface area contributed by atoms with Gasteiger partial charge >= 0.3 is 0 Å². The first-order chi connectivity index (χ1) is 9.93. The Labute approximate surface area is 118 Å². The summed E-state index contributed by atoms with van der Waals surface area (Å²) in [5.41, 5.74) is 9.51. The number of anilines is 2. The molecular weight excluding hydrogens is 241 g/mol. The molecule has 2 heterocycles. The monoisotopic (exact) mass is 253 g/mol. The molecule has 0 spiro atoms. The number of para-hydroxylation sites is 1. The molecule has 92 valence electrons. The fourth-order valence-electron chi connectivity index (χ4n) is 3.70. The Morgan fingerprint density at radius 3 is 2.25 bits per heavy atom. The highest BCUT2D eigenvalue weighted by atomic mass is 14.9. The second-order valence-corrected chi connectivity index (χ2v) is 5.50. The molecular formula is C18H12BN. The third-order valence-electron chi connectivity index (χ3n) is 4.50. The zero-order chi connectivity index (χ0) is 13.1. The SMILES string of the molecule is c1ccc2c(c1)Nc1cccc3c1B2c1ccccc1-3. The number of nitrogens with one attached hydrogen (secondary N) is 1. The molecule has 3 aromatic carbocycles. The van der Waals surface area contributed by atoms with E-state index in [-0.39, 0.29) is 0 Å². The van der Waals surface area contributed by atoms with Gasteiger partial charge in [-0.3, -0.25) is 0 Å². The molecule has 2 aliphatic rings. The van der Waals surface area contributed by atoms with Crippen LogP contribution >= 0.6 is 0 Å². The number of hydrogen-bond donors (Lipinski definition) is 1. The van der Waals surface area contributed by atoms with Crippen LogP contribution in [0.15, 0.2) is 66.7 Å². The van der Waals surface area contributed by atoms with Crippen molar-refractivity contribution in [3.63, 3.8) is 0 Å². The first-order valence-corrected chi connectivity index (χ1v) is 7.01. The van der Waals surface area contributed by atoms with Crippen molar-refractivity contribution in [3.8, 4) is 11.1 Å². The molecule has 0 aromatic heterocycles. The van der Waals surface area contributed by atoms with Crippen molar-refractivity contribution in [3.05, 3.63) is 66.7 Å². The second-order valence-electron chi connectivity index (χ2n) is 5.50. The van der Waals surface area contributed by atoms with E-state index in [1.165, 1.54) is 38.9 Å². The van der Waals surface area contributed by atoms with Crippen molar-refractivity contribution in [2.75, 3.05) is 5.32 Å². The van der Waals surface area contributed by atoms with E-state index in [0.29, 0.717) is 6.71 Å². The molecule has 0 unspecified atom stereocenters. The first kappa shape index (κ1) is 10.3. The third-order valence-corrected chi connectivity index (χ3v) is 4.50. The van der Waals surface area contributed by atoms with Gasteiger partial charge in [0.1, 0.15) is 0 Å². The second kappa shape index (κ2) is 3.54. The topological polar surface area (TPSA) is 12.0 Å². The summed E-state index contributed by atoms with van der Waals surface area (Å²) >= 11 is 0. The van der Waals surface area contributed by atoms with E-state index in [2.05, 4.69) is 72.0 Å². The average Bonchev–Trinajstić information content (AvgIpc) is 2.85. The minimum Gasteiger partial charge on any atom is -0.356 e. The van der Waals surface area contributed by atoms with Crippen LogP contribution in [0.1, 0.15) is 0 Å². The van der Waals surface area contributed by atoms with Crippen molar-refractivity contribution in [1.29, 1.82) is 0 Å². The Hall–Kier alpha value is -2.48. The van der Waals surface area contributed by atoms with Crippen LogP contribution < -0.4 is 21.7 Å². The lowest BCUT2D eigenvalue weighted by molar-refractivity contribution is 1.58. The molecule has 0 saturated carbocycles. The molecule has 20 heavy (non-hydrogen) atoms. The maximum Gasteiger partial charge on any atom is 0.248 e. The van der Waals surface area contributed by atoms with E-state index in [1.54, 1.807) is 0 Å². The van der Waals surface area contributed by atoms with E-state index in [4.69, 9.17) is 0 Å². The van der Waals surface area contributed by atoms with Crippen LogP contribution in [0.3, 0.4) is 0 Å². The summed E-state index contributed by atoms with van der Waals surface area (Å²) in [4.78, 5) is 0. The van der Waals surface area contributed by atoms with Gasteiger partial charge in [0.15, 0.2) is 0 Å². The lowest BCUT2D eigenvalue weighted by Crippen LogP contribution is -2.52. The summed E-state index contributed by atoms with van der Waals surface area (Å²) in [5.74, 6) is 0. The van der Waals surface area contributed by atoms with E-state index in [1.807, 2.05) is 0 Å². The van der Waals surface area contributed by atoms with Crippen molar-refractivity contribution < 1.29 is 0 Å². The maximum absolute atomic E-state index is 3.59. The molecule has 0 aliphatic carbocycles. The number of rotatable bonds is 0. The van der Waals surface area contributed by atoms with Gasteiger partial charge in [-0.25, -0.2) is 0 Å². The molecule has 2 aliphatic heterocycles. The molecule has 2 heteroatoms. The first-order valence-electron chi connectivity index (χ1n) is 7.01. The normalized spacial score (nSPS) is 13.3. The highest BCUT2D eigenvalue weighted by Crippen LogP contribution is 2.30. The van der Waals surface area contributed by atoms with Gasteiger partial charge in [0.05, 0.1) is 0 Å². The van der Waals surface area contributed by atoms with Gasteiger partial charge in [-0.2, -0.15) is 0 Å². The van der Waals surface area contributed by atoms with Crippen LogP contribution in [-0.2, 0) is 0 Å². The number of benzene rings is 3. The summed E-state index contributed by atoms with van der Waals surface area (Å²) < 4.78 is 0. The standard InChI is InChI=1S/C18H12BN/c1-2-8-14-12(6-1)13-7-5-11-17-18(13)19(14)15-9-3-4-10-16(15)20-17/h1-11,20H. The zero-order valence-electron chi connectivity index (χ0n) is 10.9. The lowest BCUT2D eigenvalue weighted by Gasteiger charge is -2.25. The van der Waals surface area contributed by atoms with E-state index in [0.717, 1.165) is 0 Å². The molecule has 0 fully saturated rings. The summed E-state index contributed by atoms with van der Waals surface area (Å²) in [5, 5.41) is 3.59. The largest absolute Gasteiger partial charge is 0.356 e. The Kier molecular flexibility index (Phi) is 1.83. The molecule has 0 atom stereocenters. The fourth-order valence-corrected chi connectivity index (χ4v) is 3.70. The van der Waals surface area contributed by atoms with Crippen LogP contribution in [-0.4, -0.2) is 6.71 Å². The Morgan fingerprint density at radius 2 is 1.30 bits per heavy atom. The van der Waals surface area contributed by atoms with Crippen LogP contribution in [0.5, 0.6) is 0 Å². The molecule has 3 aromatic rings. The Bertz CT molecular complexity index is 854. The third kappa shape index (κ3) is 1.14. The van der Waals surface area contributed by atoms with Gasteiger partial charge in [0, 0.05) is 11.4 Å². The van der Waals surface area contributed by atoms with Crippen molar-refractivity contribution in [2.24, 2.45) is 0 Å². The van der Waals surface area contributed by atoms with Gasteiger partial charge in [-0.1, -0.05) is 60.1 Å². The van der Waals surface area contributed by atoms with Gasteiger partial charge in [-0.05, 0) is 34.2 Å². The lowest BCUT2D eigenvalue weighted by atomic mass is 9.37. The highest BCUT2D eigenvalue weighted by Gasteiger charge is 2.38. The summed E-state index contributed by atoms with van der Waals surface area (Å²) in [7, 11) is 0. The highest BCUT2D eigenvalue weighted by molar-refractivity contribution is 7.01. The molecule has 0 amide bonds. The minimum absolute atomic E-state index is 0.384. The smallest absolute Gasteiger partial charge is 0.248 e. The zero-order valence-corrected chi connectivity index (χ0v) is 10.9. The summed E-state index contributed by atoms with van der Waals surface area (Å²) in [6.07, 6.45) is 0.